The number of amides is 1. The standard InChI is InChI=1S/C12H20N2O2/c1-9(2)16-11(15)14-12(8-13)6-4-10(3)5-7-12/h9-10H,4-7H2,1-3H3,(H,14,15). The van der Waals surface area contributed by atoms with Crippen molar-refractivity contribution in [1.29, 1.82) is 5.26 Å². The number of alkyl carbamates (subject to hydrolysis) is 1. The number of nitriles is 1. The molecule has 1 saturated carbocycles. The Morgan fingerprint density at radius 3 is 2.50 bits per heavy atom. The van der Waals surface area contributed by atoms with Crippen molar-refractivity contribution in [3.63, 3.8) is 0 Å². The summed E-state index contributed by atoms with van der Waals surface area (Å²) in [4.78, 5) is 11.5. The molecule has 0 aromatic rings. The molecule has 0 aromatic heterocycles. The smallest absolute Gasteiger partial charge is 0.408 e. The third kappa shape index (κ3) is 3.41. The summed E-state index contributed by atoms with van der Waals surface area (Å²) in [6.45, 7) is 5.76. The molecule has 0 saturated heterocycles. The van der Waals surface area contributed by atoms with Crippen molar-refractivity contribution in [2.45, 2.75) is 58.1 Å². The molecular formula is C12H20N2O2. The summed E-state index contributed by atoms with van der Waals surface area (Å²) in [5.74, 6) is 0.643. The monoisotopic (exact) mass is 224 g/mol. The zero-order valence-electron chi connectivity index (χ0n) is 10.2. The van der Waals surface area contributed by atoms with E-state index in [9.17, 15) is 10.1 Å². The first-order valence-electron chi connectivity index (χ1n) is 5.87. The van der Waals surface area contributed by atoms with Gasteiger partial charge in [-0.3, -0.25) is 0 Å². The van der Waals surface area contributed by atoms with Gasteiger partial charge in [0.15, 0.2) is 0 Å². The fraction of sp³-hybridized carbons (Fsp3) is 0.833. The van der Waals surface area contributed by atoms with Crippen molar-refractivity contribution in [2.24, 2.45) is 5.92 Å². The number of nitrogens with zero attached hydrogens (tertiary/aromatic N) is 1. The Bertz CT molecular complexity index is 286. The van der Waals surface area contributed by atoms with Crippen molar-refractivity contribution in [1.82, 2.24) is 5.32 Å². The number of hydrogen-bond donors (Lipinski definition) is 1. The number of rotatable bonds is 2. The zero-order chi connectivity index (χ0) is 12.2. The van der Waals surface area contributed by atoms with Crippen LogP contribution in [0.25, 0.3) is 0 Å². The predicted octanol–water partition coefficient (Wildman–Crippen LogP) is 2.59. The first-order chi connectivity index (χ1) is 7.47. The van der Waals surface area contributed by atoms with Gasteiger partial charge < -0.3 is 10.1 Å². The summed E-state index contributed by atoms with van der Waals surface area (Å²) >= 11 is 0. The average molecular weight is 224 g/mol. The molecule has 1 N–H and O–H groups in total. The summed E-state index contributed by atoms with van der Waals surface area (Å²) in [5.41, 5.74) is -0.710. The number of nitrogens with one attached hydrogen (secondary N) is 1. The minimum absolute atomic E-state index is 0.154. The lowest BCUT2D eigenvalue weighted by Crippen LogP contribution is -2.50. The predicted molar refractivity (Wildman–Crippen MR) is 60.7 cm³/mol. The van der Waals surface area contributed by atoms with Crippen LogP contribution in [-0.2, 0) is 4.74 Å². The zero-order valence-corrected chi connectivity index (χ0v) is 10.2. The van der Waals surface area contributed by atoms with E-state index in [1.54, 1.807) is 13.8 Å². The molecule has 0 atom stereocenters. The molecule has 0 radical (unpaired) electrons. The molecule has 4 heteroatoms. The quantitative estimate of drug-likeness (QED) is 0.784. The highest BCUT2D eigenvalue weighted by atomic mass is 16.6. The average Bonchev–Trinajstić information content (AvgIpc) is 2.21. The first-order valence-corrected chi connectivity index (χ1v) is 5.87. The third-order valence-electron chi connectivity index (χ3n) is 3.03. The van der Waals surface area contributed by atoms with Crippen LogP contribution in [0.4, 0.5) is 4.79 Å². The number of carbonyl (C=O) groups is 1. The molecule has 0 aliphatic heterocycles. The van der Waals surface area contributed by atoms with Crippen molar-refractivity contribution in [3.05, 3.63) is 0 Å². The van der Waals surface area contributed by atoms with E-state index >= 15 is 0 Å². The molecule has 0 unspecified atom stereocenters. The van der Waals surface area contributed by atoms with Crippen LogP contribution in [0, 0.1) is 17.2 Å². The van der Waals surface area contributed by atoms with Crippen LogP contribution in [0.5, 0.6) is 0 Å². The van der Waals surface area contributed by atoms with Gasteiger partial charge in [-0.05, 0) is 45.4 Å². The maximum absolute atomic E-state index is 11.5. The van der Waals surface area contributed by atoms with E-state index in [2.05, 4.69) is 18.3 Å². The van der Waals surface area contributed by atoms with Crippen LogP contribution in [-0.4, -0.2) is 17.7 Å². The van der Waals surface area contributed by atoms with Crippen LogP contribution in [0.3, 0.4) is 0 Å². The van der Waals surface area contributed by atoms with Crippen LogP contribution in [0.1, 0.15) is 46.5 Å². The lowest BCUT2D eigenvalue weighted by molar-refractivity contribution is 0.102. The second kappa shape index (κ2) is 5.20. The second-order valence-corrected chi connectivity index (χ2v) is 4.96. The van der Waals surface area contributed by atoms with Gasteiger partial charge in [-0.1, -0.05) is 6.92 Å². The van der Waals surface area contributed by atoms with Crippen LogP contribution in [0.2, 0.25) is 0 Å². The molecule has 4 nitrogen and oxygen atoms in total. The molecule has 0 aromatic carbocycles. The highest BCUT2D eigenvalue weighted by Crippen LogP contribution is 2.31. The first kappa shape index (κ1) is 12.8. The molecule has 90 valence electrons. The van der Waals surface area contributed by atoms with Gasteiger partial charge >= 0.3 is 6.09 Å². The molecule has 1 amide bonds. The van der Waals surface area contributed by atoms with E-state index in [4.69, 9.17) is 4.74 Å². The summed E-state index contributed by atoms with van der Waals surface area (Å²) in [6, 6.07) is 2.23. The van der Waals surface area contributed by atoms with Gasteiger partial charge in [0.2, 0.25) is 0 Å². The van der Waals surface area contributed by atoms with Crippen LogP contribution < -0.4 is 5.32 Å². The maximum Gasteiger partial charge on any atom is 0.408 e. The molecule has 0 bridgehead atoms. The fourth-order valence-electron chi connectivity index (χ4n) is 1.96. The fourth-order valence-corrected chi connectivity index (χ4v) is 1.96. The topological polar surface area (TPSA) is 62.1 Å². The van der Waals surface area contributed by atoms with Crippen molar-refractivity contribution < 1.29 is 9.53 Å². The molecule has 1 aliphatic carbocycles. The molecule has 16 heavy (non-hydrogen) atoms. The SMILES string of the molecule is CC1CCC(C#N)(NC(=O)OC(C)C)CC1. The van der Waals surface area contributed by atoms with Gasteiger partial charge in [0.05, 0.1) is 12.2 Å². The van der Waals surface area contributed by atoms with E-state index < -0.39 is 11.6 Å². The number of hydrogen-bond acceptors (Lipinski definition) is 3. The van der Waals surface area contributed by atoms with E-state index in [-0.39, 0.29) is 6.10 Å². The lowest BCUT2D eigenvalue weighted by atomic mass is 9.78. The molecule has 1 fully saturated rings. The maximum atomic E-state index is 11.5. The Morgan fingerprint density at radius 1 is 1.50 bits per heavy atom. The Labute approximate surface area is 97.0 Å². The molecule has 1 rings (SSSR count). The minimum atomic E-state index is -0.710. The number of ether oxygens (including phenoxy) is 1. The summed E-state index contributed by atoms with van der Waals surface area (Å²) in [6.07, 6.45) is 2.77. The molecule has 1 aliphatic rings. The van der Waals surface area contributed by atoms with Crippen molar-refractivity contribution >= 4 is 6.09 Å². The van der Waals surface area contributed by atoms with Gasteiger partial charge in [-0.15, -0.1) is 0 Å². The number of carbonyl (C=O) groups excluding carboxylic acids is 1. The van der Waals surface area contributed by atoms with E-state index in [0.717, 1.165) is 25.7 Å². The van der Waals surface area contributed by atoms with Crippen LogP contribution >= 0.6 is 0 Å². The van der Waals surface area contributed by atoms with Gasteiger partial charge in [0, 0.05) is 0 Å². The molecule has 0 spiro atoms. The van der Waals surface area contributed by atoms with Gasteiger partial charge in [0.1, 0.15) is 5.54 Å². The van der Waals surface area contributed by atoms with Crippen molar-refractivity contribution in [3.8, 4) is 6.07 Å². The lowest BCUT2D eigenvalue weighted by Gasteiger charge is -2.34. The van der Waals surface area contributed by atoms with Gasteiger partial charge in [-0.2, -0.15) is 5.26 Å². The Morgan fingerprint density at radius 2 is 2.06 bits per heavy atom. The normalized spacial score (nSPS) is 29.6. The summed E-state index contributed by atoms with van der Waals surface area (Å²) in [5, 5.41) is 11.9. The van der Waals surface area contributed by atoms with Crippen molar-refractivity contribution in [2.75, 3.05) is 0 Å². The summed E-state index contributed by atoms with van der Waals surface area (Å²) < 4.78 is 5.01. The third-order valence-corrected chi connectivity index (χ3v) is 3.03. The van der Waals surface area contributed by atoms with Crippen LogP contribution in [0.15, 0.2) is 0 Å². The minimum Gasteiger partial charge on any atom is -0.447 e. The second-order valence-electron chi connectivity index (χ2n) is 4.96. The van der Waals surface area contributed by atoms with E-state index in [0.29, 0.717) is 5.92 Å². The molecular weight excluding hydrogens is 204 g/mol. The van der Waals surface area contributed by atoms with E-state index in [1.807, 2.05) is 0 Å². The van der Waals surface area contributed by atoms with Gasteiger partial charge in [-0.25, -0.2) is 4.79 Å². The highest BCUT2D eigenvalue weighted by Gasteiger charge is 2.36. The largest absolute Gasteiger partial charge is 0.447 e. The van der Waals surface area contributed by atoms with Gasteiger partial charge in [0.25, 0.3) is 0 Å². The Hall–Kier alpha value is -1.24. The molecule has 0 heterocycles. The highest BCUT2D eigenvalue weighted by molar-refractivity contribution is 5.69. The Balaban J connectivity index is 2.55. The Kier molecular flexibility index (Phi) is 4.17. The van der Waals surface area contributed by atoms with E-state index in [1.165, 1.54) is 0 Å². The summed E-state index contributed by atoms with van der Waals surface area (Å²) in [7, 11) is 0.